The topological polar surface area (TPSA) is 17.1 Å². The minimum absolute atomic E-state index is 0.533. The third kappa shape index (κ3) is 2.22. The average molecular weight is 230 g/mol. The zero-order valence-electron chi connectivity index (χ0n) is 9.44. The van der Waals surface area contributed by atoms with Gasteiger partial charge in [-0.3, -0.25) is 4.79 Å². The van der Waals surface area contributed by atoms with Crippen molar-refractivity contribution in [2.24, 2.45) is 0 Å². The van der Waals surface area contributed by atoms with Crippen LogP contribution in [-0.2, 0) is 0 Å². The van der Waals surface area contributed by atoms with Gasteiger partial charge in [0.2, 0.25) is 0 Å². The number of hydrogen-bond donors (Lipinski definition) is 0. The van der Waals surface area contributed by atoms with E-state index >= 15 is 0 Å². The van der Waals surface area contributed by atoms with Gasteiger partial charge in [-0.2, -0.15) is 0 Å². The van der Waals surface area contributed by atoms with Crippen LogP contribution in [-0.4, -0.2) is 6.29 Å². The van der Waals surface area contributed by atoms with E-state index in [2.05, 4.69) is 38.1 Å². The van der Waals surface area contributed by atoms with Crippen molar-refractivity contribution in [2.75, 3.05) is 0 Å². The highest BCUT2D eigenvalue weighted by molar-refractivity contribution is 7.13. The van der Waals surface area contributed by atoms with E-state index in [1.807, 2.05) is 11.4 Å². The minimum atomic E-state index is 0.533. The van der Waals surface area contributed by atoms with E-state index in [0.717, 1.165) is 16.7 Å². The van der Waals surface area contributed by atoms with Crippen molar-refractivity contribution in [1.29, 1.82) is 0 Å². The molecule has 0 bridgehead atoms. The largest absolute Gasteiger partial charge is 0.298 e. The second kappa shape index (κ2) is 4.62. The van der Waals surface area contributed by atoms with Crippen LogP contribution in [0, 0.1) is 0 Å². The number of hydrogen-bond acceptors (Lipinski definition) is 2. The van der Waals surface area contributed by atoms with Gasteiger partial charge in [0.15, 0.2) is 6.29 Å². The first-order valence-electron chi connectivity index (χ1n) is 5.34. The first-order valence-corrected chi connectivity index (χ1v) is 6.22. The lowest BCUT2D eigenvalue weighted by Crippen LogP contribution is -1.86. The standard InChI is InChI=1S/C14H14OS/c1-10(2)12-4-3-5-13(7-12)14-6-11(8-15)9-16-14/h3-10H,1-2H3. The normalized spacial score (nSPS) is 10.7. The Morgan fingerprint density at radius 3 is 2.69 bits per heavy atom. The molecule has 0 radical (unpaired) electrons. The molecule has 0 aliphatic carbocycles. The molecule has 0 fully saturated rings. The Morgan fingerprint density at radius 1 is 1.25 bits per heavy atom. The van der Waals surface area contributed by atoms with E-state index < -0.39 is 0 Å². The van der Waals surface area contributed by atoms with Crippen LogP contribution in [0.1, 0.15) is 35.7 Å². The molecule has 0 aliphatic rings. The predicted molar refractivity (Wildman–Crippen MR) is 69.2 cm³/mol. The van der Waals surface area contributed by atoms with Crippen LogP contribution in [0.25, 0.3) is 10.4 Å². The molecule has 0 spiro atoms. The Balaban J connectivity index is 2.39. The van der Waals surface area contributed by atoms with Gasteiger partial charge >= 0.3 is 0 Å². The minimum Gasteiger partial charge on any atom is -0.298 e. The fourth-order valence-corrected chi connectivity index (χ4v) is 2.47. The van der Waals surface area contributed by atoms with Gasteiger partial charge in [-0.05, 0) is 23.1 Å². The summed E-state index contributed by atoms with van der Waals surface area (Å²) in [5.41, 5.74) is 3.29. The van der Waals surface area contributed by atoms with Gasteiger partial charge in [-0.15, -0.1) is 11.3 Å². The molecule has 2 rings (SSSR count). The lowest BCUT2D eigenvalue weighted by atomic mass is 10.0. The Morgan fingerprint density at radius 2 is 2.06 bits per heavy atom. The second-order valence-corrected chi connectivity index (χ2v) is 5.05. The van der Waals surface area contributed by atoms with Crippen LogP contribution in [0.5, 0.6) is 0 Å². The molecular formula is C14H14OS. The fraction of sp³-hybridized carbons (Fsp3) is 0.214. The van der Waals surface area contributed by atoms with Gasteiger partial charge in [0.25, 0.3) is 0 Å². The first-order chi connectivity index (χ1) is 7.70. The predicted octanol–water partition coefficient (Wildman–Crippen LogP) is 4.35. The average Bonchev–Trinajstić information content (AvgIpc) is 2.77. The molecule has 0 aliphatic heterocycles. The van der Waals surface area contributed by atoms with Gasteiger partial charge in [0, 0.05) is 15.8 Å². The number of benzene rings is 1. The number of rotatable bonds is 3. The summed E-state index contributed by atoms with van der Waals surface area (Å²) in [6, 6.07) is 10.4. The molecule has 0 atom stereocenters. The van der Waals surface area contributed by atoms with Crippen LogP contribution < -0.4 is 0 Å². The van der Waals surface area contributed by atoms with Crippen LogP contribution >= 0.6 is 11.3 Å². The smallest absolute Gasteiger partial charge is 0.150 e. The summed E-state index contributed by atoms with van der Waals surface area (Å²) in [4.78, 5) is 11.8. The Hall–Kier alpha value is -1.41. The summed E-state index contributed by atoms with van der Waals surface area (Å²) < 4.78 is 0. The summed E-state index contributed by atoms with van der Waals surface area (Å²) in [5.74, 6) is 0.533. The van der Waals surface area contributed by atoms with Crippen molar-refractivity contribution >= 4 is 17.6 Å². The molecule has 2 aromatic rings. The van der Waals surface area contributed by atoms with Crippen molar-refractivity contribution in [3.63, 3.8) is 0 Å². The Labute approximate surface area is 99.8 Å². The molecule has 1 nitrogen and oxygen atoms in total. The highest BCUT2D eigenvalue weighted by Gasteiger charge is 2.04. The van der Waals surface area contributed by atoms with Crippen LogP contribution in [0.4, 0.5) is 0 Å². The van der Waals surface area contributed by atoms with Crippen molar-refractivity contribution in [3.05, 3.63) is 46.8 Å². The van der Waals surface area contributed by atoms with Crippen LogP contribution in [0.15, 0.2) is 35.7 Å². The molecule has 16 heavy (non-hydrogen) atoms. The molecule has 0 unspecified atom stereocenters. The lowest BCUT2D eigenvalue weighted by Gasteiger charge is -2.06. The monoisotopic (exact) mass is 230 g/mol. The molecule has 1 aromatic heterocycles. The van der Waals surface area contributed by atoms with E-state index in [1.54, 1.807) is 11.3 Å². The van der Waals surface area contributed by atoms with Gasteiger partial charge in [0.1, 0.15) is 0 Å². The van der Waals surface area contributed by atoms with Gasteiger partial charge in [-0.25, -0.2) is 0 Å². The van der Waals surface area contributed by atoms with Gasteiger partial charge in [0.05, 0.1) is 0 Å². The number of carbonyl (C=O) groups is 1. The van der Waals surface area contributed by atoms with E-state index in [-0.39, 0.29) is 0 Å². The van der Waals surface area contributed by atoms with E-state index in [4.69, 9.17) is 0 Å². The molecule has 0 N–H and O–H groups in total. The second-order valence-electron chi connectivity index (χ2n) is 4.14. The van der Waals surface area contributed by atoms with Gasteiger partial charge in [-0.1, -0.05) is 38.1 Å². The van der Waals surface area contributed by atoms with Gasteiger partial charge < -0.3 is 0 Å². The maximum Gasteiger partial charge on any atom is 0.150 e. The summed E-state index contributed by atoms with van der Waals surface area (Å²) in [5, 5.41) is 1.89. The van der Waals surface area contributed by atoms with Crippen LogP contribution in [0.3, 0.4) is 0 Å². The van der Waals surface area contributed by atoms with Crippen molar-refractivity contribution < 1.29 is 4.79 Å². The fourth-order valence-electron chi connectivity index (χ4n) is 1.62. The molecule has 0 amide bonds. The van der Waals surface area contributed by atoms with E-state index in [0.29, 0.717) is 5.92 Å². The highest BCUT2D eigenvalue weighted by atomic mass is 32.1. The zero-order chi connectivity index (χ0) is 11.5. The highest BCUT2D eigenvalue weighted by Crippen LogP contribution is 2.28. The third-order valence-corrected chi connectivity index (χ3v) is 3.59. The van der Waals surface area contributed by atoms with Crippen molar-refractivity contribution in [3.8, 4) is 10.4 Å². The maximum atomic E-state index is 10.6. The molecule has 2 heteroatoms. The number of aldehydes is 1. The quantitative estimate of drug-likeness (QED) is 0.716. The molecule has 0 saturated carbocycles. The molecule has 0 saturated heterocycles. The molecule has 82 valence electrons. The Kier molecular flexibility index (Phi) is 3.20. The van der Waals surface area contributed by atoms with Crippen molar-refractivity contribution in [2.45, 2.75) is 19.8 Å². The summed E-state index contributed by atoms with van der Waals surface area (Å²) in [6.45, 7) is 4.37. The van der Waals surface area contributed by atoms with Crippen LogP contribution in [0.2, 0.25) is 0 Å². The number of thiophene rings is 1. The van der Waals surface area contributed by atoms with E-state index in [9.17, 15) is 4.79 Å². The summed E-state index contributed by atoms with van der Waals surface area (Å²) >= 11 is 1.62. The maximum absolute atomic E-state index is 10.6. The third-order valence-electron chi connectivity index (χ3n) is 2.59. The van der Waals surface area contributed by atoms with Crippen molar-refractivity contribution in [1.82, 2.24) is 0 Å². The summed E-state index contributed by atoms with van der Waals surface area (Å²) in [7, 11) is 0. The Bertz CT molecular complexity index is 497. The molecule has 1 heterocycles. The molecule has 1 aromatic carbocycles. The lowest BCUT2D eigenvalue weighted by molar-refractivity contribution is 0.112. The van der Waals surface area contributed by atoms with E-state index in [1.165, 1.54) is 11.1 Å². The first kappa shape index (κ1) is 11.1. The SMILES string of the molecule is CC(C)c1cccc(-c2cc(C=O)cs2)c1. The molecular weight excluding hydrogens is 216 g/mol. The number of carbonyl (C=O) groups excluding carboxylic acids is 1. The summed E-state index contributed by atoms with van der Waals surface area (Å²) in [6.07, 6.45) is 0.895. The zero-order valence-corrected chi connectivity index (χ0v) is 10.3.